The molecule has 2 aliphatic heterocycles. The van der Waals surface area contributed by atoms with E-state index in [1.54, 1.807) is 12.1 Å². The van der Waals surface area contributed by atoms with Crippen LogP contribution in [0.3, 0.4) is 0 Å². The fourth-order valence-electron chi connectivity index (χ4n) is 5.61. The van der Waals surface area contributed by atoms with Gasteiger partial charge in [0.1, 0.15) is 23.4 Å². The fourth-order valence-corrected chi connectivity index (χ4v) is 6.78. The number of rotatable bonds is 7. The Morgan fingerprint density at radius 1 is 1.12 bits per heavy atom. The molecule has 2 unspecified atom stereocenters. The molecule has 1 saturated heterocycles. The van der Waals surface area contributed by atoms with Gasteiger partial charge in [-0.2, -0.15) is 0 Å². The summed E-state index contributed by atoms with van der Waals surface area (Å²) in [4.78, 5) is 33.6. The number of anilines is 1. The van der Waals surface area contributed by atoms with E-state index in [9.17, 15) is 14.7 Å². The highest BCUT2D eigenvalue weighted by Crippen LogP contribution is 2.45. The van der Waals surface area contributed by atoms with Crippen LogP contribution in [0, 0.1) is 13.8 Å². The Labute approximate surface area is 243 Å². The number of hydrogen-bond donors (Lipinski definition) is 1. The SMILES string of the molecule is CCCCOc1ccc(C2/C(=C(\O)c3ccc4c(c3)CC(C)O4)C(=O)C(=O)N2c2nc3c(C)cc(C)cc3s2)cc1. The zero-order chi connectivity index (χ0) is 28.8. The van der Waals surface area contributed by atoms with E-state index in [1.165, 1.54) is 16.2 Å². The maximum atomic E-state index is 13.7. The Bertz CT molecular complexity index is 1700. The van der Waals surface area contributed by atoms with Gasteiger partial charge in [-0.25, -0.2) is 4.98 Å². The molecule has 1 amide bonds. The topological polar surface area (TPSA) is 89.0 Å². The highest BCUT2D eigenvalue weighted by molar-refractivity contribution is 7.22. The number of ether oxygens (including phenoxy) is 2. The predicted octanol–water partition coefficient (Wildman–Crippen LogP) is 7.04. The number of aliphatic hydroxyl groups excluding tert-OH is 1. The van der Waals surface area contributed by atoms with Crippen molar-refractivity contribution in [2.45, 2.75) is 59.1 Å². The monoisotopic (exact) mass is 568 g/mol. The molecule has 0 saturated carbocycles. The molecule has 7 nitrogen and oxygen atoms in total. The van der Waals surface area contributed by atoms with Crippen LogP contribution in [0.2, 0.25) is 0 Å². The third-order valence-electron chi connectivity index (χ3n) is 7.60. The van der Waals surface area contributed by atoms with E-state index in [2.05, 4.69) is 6.92 Å². The summed E-state index contributed by atoms with van der Waals surface area (Å²) >= 11 is 1.37. The van der Waals surface area contributed by atoms with Crippen LogP contribution in [0.25, 0.3) is 16.0 Å². The molecule has 2 atom stereocenters. The zero-order valence-corrected chi connectivity index (χ0v) is 24.4. The normalized spacial score (nSPS) is 19.6. The number of carbonyl (C=O) groups excluding carboxylic acids is 2. The molecule has 2 aliphatic rings. The van der Waals surface area contributed by atoms with Crippen molar-refractivity contribution in [3.8, 4) is 11.5 Å². The number of aryl methyl sites for hydroxylation is 2. The van der Waals surface area contributed by atoms with Gasteiger partial charge in [-0.3, -0.25) is 14.5 Å². The van der Waals surface area contributed by atoms with Crippen molar-refractivity contribution in [1.29, 1.82) is 0 Å². The van der Waals surface area contributed by atoms with Gasteiger partial charge in [0.15, 0.2) is 5.13 Å². The number of fused-ring (bicyclic) bond motifs is 2. The second-order valence-corrected chi connectivity index (χ2v) is 11.8. The Kier molecular flexibility index (Phi) is 7.03. The molecule has 0 aliphatic carbocycles. The Morgan fingerprint density at radius 2 is 1.90 bits per heavy atom. The van der Waals surface area contributed by atoms with Crippen LogP contribution in [-0.2, 0) is 16.0 Å². The molecule has 4 aromatic rings. The second-order valence-electron chi connectivity index (χ2n) is 10.8. The number of unbranched alkanes of at least 4 members (excludes halogenated alkanes) is 1. The van der Waals surface area contributed by atoms with E-state index in [-0.39, 0.29) is 17.4 Å². The molecule has 0 bridgehead atoms. The van der Waals surface area contributed by atoms with Crippen molar-refractivity contribution in [3.05, 3.63) is 88.0 Å². The first-order valence-electron chi connectivity index (χ1n) is 14.0. The molecule has 1 aromatic heterocycles. The van der Waals surface area contributed by atoms with Crippen molar-refractivity contribution in [2.24, 2.45) is 0 Å². The number of hydrogen-bond acceptors (Lipinski definition) is 7. The lowest BCUT2D eigenvalue weighted by molar-refractivity contribution is -0.132. The minimum absolute atomic E-state index is 0.0359. The highest BCUT2D eigenvalue weighted by Gasteiger charge is 2.48. The summed E-state index contributed by atoms with van der Waals surface area (Å²) in [7, 11) is 0. The summed E-state index contributed by atoms with van der Waals surface area (Å²) in [6.07, 6.45) is 2.72. The number of thiazole rings is 1. The molecule has 0 radical (unpaired) electrons. The Morgan fingerprint density at radius 3 is 2.66 bits per heavy atom. The fraction of sp³-hybridized carbons (Fsp3) is 0.303. The van der Waals surface area contributed by atoms with Crippen LogP contribution in [0.4, 0.5) is 5.13 Å². The van der Waals surface area contributed by atoms with E-state index in [4.69, 9.17) is 14.5 Å². The summed E-state index contributed by atoms with van der Waals surface area (Å²) in [5.74, 6) is -0.197. The average molecular weight is 569 g/mol. The van der Waals surface area contributed by atoms with Crippen molar-refractivity contribution in [2.75, 3.05) is 11.5 Å². The molecular weight excluding hydrogens is 536 g/mol. The van der Waals surface area contributed by atoms with E-state index < -0.39 is 17.7 Å². The highest BCUT2D eigenvalue weighted by atomic mass is 32.1. The van der Waals surface area contributed by atoms with Crippen LogP contribution in [0.5, 0.6) is 11.5 Å². The smallest absolute Gasteiger partial charge is 0.301 e. The van der Waals surface area contributed by atoms with E-state index >= 15 is 0 Å². The third-order valence-corrected chi connectivity index (χ3v) is 8.60. The number of benzene rings is 3. The largest absolute Gasteiger partial charge is 0.507 e. The molecule has 210 valence electrons. The molecule has 3 aromatic carbocycles. The van der Waals surface area contributed by atoms with Crippen molar-refractivity contribution in [3.63, 3.8) is 0 Å². The van der Waals surface area contributed by atoms with E-state index in [1.807, 2.05) is 63.2 Å². The summed E-state index contributed by atoms with van der Waals surface area (Å²) in [5.41, 5.74) is 5.03. The standard InChI is InChI=1S/C33H32N2O5S/c1-5-6-13-39-24-10-7-21(8-11-24)29-27(30(36)22-9-12-25-23(17-22)16-20(4)40-25)31(37)32(38)35(29)33-34-28-19(3)14-18(2)15-26(28)41-33/h7-12,14-15,17,20,29,36H,5-6,13,16H2,1-4H3/b30-27+. The number of ketones is 1. The van der Waals surface area contributed by atoms with Crippen molar-refractivity contribution < 1.29 is 24.2 Å². The first-order chi connectivity index (χ1) is 19.7. The number of Topliss-reactive ketones (excluding diaryl/α,β-unsaturated/α-hetero) is 1. The Balaban J connectivity index is 1.48. The van der Waals surface area contributed by atoms with Gasteiger partial charge in [-0.15, -0.1) is 0 Å². The molecule has 3 heterocycles. The molecule has 6 rings (SSSR count). The first kappa shape index (κ1) is 27.0. The van der Waals surface area contributed by atoms with Gasteiger partial charge in [-0.05, 0) is 85.8 Å². The minimum atomic E-state index is -0.856. The van der Waals surface area contributed by atoms with Crippen molar-refractivity contribution in [1.82, 2.24) is 4.98 Å². The summed E-state index contributed by atoms with van der Waals surface area (Å²) < 4.78 is 12.6. The maximum absolute atomic E-state index is 13.7. The van der Waals surface area contributed by atoms with E-state index in [0.717, 1.165) is 45.5 Å². The first-order valence-corrected chi connectivity index (χ1v) is 14.8. The zero-order valence-electron chi connectivity index (χ0n) is 23.6. The van der Waals surface area contributed by atoms with E-state index in [0.29, 0.717) is 35.0 Å². The number of aliphatic hydroxyl groups is 1. The third kappa shape index (κ3) is 4.86. The van der Waals surface area contributed by atoms with Crippen LogP contribution >= 0.6 is 11.3 Å². The van der Waals surface area contributed by atoms with Gasteiger partial charge in [0, 0.05) is 12.0 Å². The molecule has 8 heteroatoms. The van der Waals surface area contributed by atoms with Crippen molar-refractivity contribution >= 4 is 44.1 Å². The maximum Gasteiger partial charge on any atom is 0.301 e. The Hall–Kier alpha value is -4.17. The lowest BCUT2D eigenvalue weighted by atomic mass is 9.94. The van der Waals surface area contributed by atoms with Crippen LogP contribution in [0.1, 0.15) is 60.5 Å². The van der Waals surface area contributed by atoms with Crippen LogP contribution in [-0.4, -0.2) is 34.5 Å². The van der Waals surface area contributed by atoms with Gasteiger partial charge >= 0.3 is 5.91 Å². The van der Waals surface area contributed by atoms with Crippen LogP contribution in [0.15, 0.2) is 60.2 Å². The summed E-state index contributed by atoms with van der Waals surface area (Å²) in [6, 6.07) is 16.0. The quantitative estimate of drug-likeness (QED) is 0.111. The molecule has 1 N–H and O–H groups in total. The molecule has 0 spiro atoms. The summed E-state index contributed by atoms with van der Waals surface area (Å²) in [5, 5.41) is 12.0. The number of nitrogens with zero attached hydrogens (tertiary/aromatic N) is 2. The average Bonchev–Trinajstić information content (AvgIpc) is 3.61. The number of amides is 1. The molecule has 1 fully saturated rings. The number of aromatic nitrogens is 1. The lowest BCUT2D eigenvalue weighted by Gasteiger charge is -2.23. The van der Waals surface area contributed by atoms with Gasteiger partial charge in [-0.1, -0.05) is 42.9 Å². The van der Waals surface area contributed by atoms with Gasteiger partial charge < -0.3 is 14.6 Å². The molecular formula is C33H32N2O5S. The van der Waals surface area contributed by atoms with Gasteiger partial charge in [0.25, 0.3) is 5.78 Å². The lowest BCUT2D eigenvalue weighted by Crippen LogP contribution is -2.29. The summed E-state index contributed by atoms with van der Waals surface area (Å²) in [6.45, 7) is 8.71. The van der Waals surface area contributed by atoms with Crippen LogP contribution < -0.4 is 14.4 Å². The molecule has 41 heavy (non-hydrogen) atoms. The van der Waals surface area contributed by atoms with Gasteiger partial charge in [0.2, 0.25) is 0 Å². The minimum Gasteiger partial charge on any atom is -0.507 e. The second kappa shape index (κ2) is 10.7. The predicted molar refractivity (Wildman–Crippen MR) is 161 cm³/mol. The van der Waals surface area contributed by atoms with Gasteiger partial charge in [0.05, 0.1) is 28.4 Å². The number of carbonyl (C=O) groups is 2.